The number of hydrogen-bond donors (Lipinski definition) is 2. The number of carboxylic acids is 1. The molecule has 0 atom stereocenters. The van der Waals surface area contributed by atoms with Gasteiger partial charge in [0.05, 0.1) is 0 Å². The molecule has 0 bridgehead atoms. The molecule has 0 aromatic carbocycles. The molecule has 4 heteroatoms. The molecule has 0 unspecified atom stereocenters. The van der Waals surface area contributed by atoms with E-state index in [4.69, 9.17) is 0 Å². The monoisotopic (exact) mass is 234 g/mol. The second kappa shape index (κ2) is 5.17. The first-order chi connectivity index (χ1) is 8.23. The summed E-state index contributed by atoms with van der Waals surface area (Å²) in [6, 6.07) is 3.63. The van der Waals surface area contributed by atoms with E-state index in [1.165, 1.54) is 0 Å². The Balaban J connectivity index is 2.19. The first-order valence-electron chi connectivity index (χ1n) is 6.15. The number of nitrogens with zero attached hydrogens (tertiary/aromatic N) is 1. The van der Waals surface area contributed by atoms with Crippen molar-refractivity contribution in [2.75, 3.05) is 5.32 Å². The molecule has 17 heavy (non-hydrogen) atoms. The van der Waals surface area contributed by atoms with Gasteiger partial charge < -0.3 is 10.4 Å². The van der Waals surface area contributed by atoms with Gasteiger partial charge in [-0.25, -0.2) is 4.79 Å². The highest BCUT2D eigenvalue weighted by atomic mass is 16.4. The third-order valence-electron chi connectivity index (χ3n) is 3.43. The van der Waals surface area contributed by atoms with E-state index >= 15 is 0 Å². The van der Waals surface area contributed by atoms with Crippen LogP contribution in [0.15, 0.2) is 24.5 Å². The fourth-order valence-corrected chi connectivity index (χ4v) is 2.44. The van der Waals surface area contributed by atoms with Gasteiger partial charge in [-0.3, -0.25) is 4.98 Å². The standard InChI is InChI=1S/C13H18N2O2/c16-12(17)13(7-3-1-2-4-8-13)15-11-5-9-14-10-6-11/h5-6,9-10H,1-4,7-8H2,(H,14,15)(H,16,17). The van der Waals surface area contributed by atoms with Crippen LogP contribution in [0.4, 0.5) is 5.69 Å². The maximum atomic E-state index is 11.6. The summed E-state index contributed by atoms with van der Waals surface area (Å²) >= 11 is 0. The molecule has 2 N–H and O–H groups in total. The normalized spacial score (nSPS) is 19.3. The van der Waals surface area contributed by atoms with Gasteiger partial charge in [0, 0.05) is 18.1 Å². The lowest BCUT2D eigenvalue weighted by Crippen LogP contribution is -2.46. The first-order valence-corrected chi connectivity index (χ1v) is 6.15. The van der Waals surface area contributed by atoms with E-state index in [1.54, 1.807) is 12.4 Å². The average molecular weight is 234 g/mol. The van der Waals surface area contributed by atoms with E-state index in [1.807, 2.05) is 12.1 Å². The van der Waals surface area contributed by atoms with Crippen molar-refractivity contribution in [3.63, 3.8) is 0 Å². The van der Waals surface area contributed by atoms with Gasteiger partial charge in [-0.1, -0.05) is 25.7 Å². The number of hydrogen-bond acceptors (Lipinski definition) is 3. The molecule has 92 valence electrons. The van der Waals surface area contributed by atoms with Crippen molar-refractivity contribution in [1.82, 2.24) is 4.98 Å². The Morgan fingerprint density at radius 2 is 1.76 bits per heavy atom. The average Bonchev–Trinajstić information content (AvgIpc) is 2.57. The minimum absolute atomic E-state index is 0.699. The van der Waals surface area contributed by atoms with E-state index in [0.717, 1.165) is 31.4 Å². The Kier molecular flexibility index (Phi) is 3.61. The number of rotatable bonds is 3. The molecule has 4 nitrogen and oxygen atoms in total. The van der Waals surface area contributed by atoms with Crippen molar-refractivity contribution < 1.29 is 9.90 Å². The first kappa shape index (κ1) is 11.9. The third kappa shape index (κ3) is 2.75. The summed E-state index contributed by atoms with van der Waals surface area (Å²) in [6.45, 7) is 0. The highest BCUT2D eigenvalue weighted by molar-refractivity contribution is 5.82. The van der Waals surface area contributed by atoms with E-state index < -0.39 is 11.5 Å². The molecule has 1 fully saturated rings. The smallest absolute Gasteiger partial charge is 0.329 e. The van der Waals surface area contributed by atoms with Crippen molar-refractivity contribution in [3.05, 3.63) is 24.5 Å². The Labute approximate surface area is 101 Å². The molecule has 1 aromatic rings. The molecular weight excluding hydrogens is 216 g/mol. The second-order valence-electron chi connectivity index (χ2n) is 4.66. The van der Waals surface area contributed by atoms with Crippen LogP contribution in [0.3, 0.4) is 0 Å². The fourth-order valence-electron chi connectivity index (χ4n) is 2.44. The molecule has 1 aliphatic carbocycles. The van der Waals surface area contributed by atoms with Crippen molar-refractivity contribution in [2.45, 2.75) is 44.1 Å². The minimum Gasteiger partial charge on any atom is -0.480 e. The number of aromatic nitrogens is 1. The molecule has 1 saturated carbocycles. The second-order valence-corrected chi connectivity index (χ2v) is 4.66. The lowest BCUT2D eigenvalue weighted by Gasteiger charge is -2.30. The highest BCUT2D eigenvalue weighted by Crippen LogP contribution is 2.30. The highest BCUT2D eigenvalue weighted by Gasteiger charge is 2.38. The SMILES string of the molecule is O=C(O)C1(Nc2ccncc2)CCCCCC1. The Bertz CT molecular complexity index is 370. The summed E-state index contributed by atoms with van der Waals surface area (Å²) in [4.78, 5) is 15.5. The van der Waals surface area contributed by atoms with Crippen LogP contribution in [-0.2, 0) is 4.79 Å². The van der Waals surface area contributed by atoms with E-state index in [0.29, 0.717) is 12.8 Å². The lowest BCUT2D eigenvalue weighted by atomic mass is 9.90. The predicted octanol–water partition coefficient (Wildman–Crippen LogP) is 2.67. The molecule has 0 saturated heterocycles. The van der Waals surface area contributed by atoms with Gasteiger partial charge in [0.2, 0.25) is 0 Å². The van der Waals surface area contributed by atoms with Crippen LogP contribution in [0.2, 0.25) is 0 Å². The summed E-state index contributed by atoms with van der Waals surface area (Å²) < 4.78 is 0. The van der Waals surface area contributed by atoms with E-state index in [-0.39, 0.29) is 0 Å². The third-order valence-corrected chi connectivity index (χ3v) is 3.43. The van der Waals surface area contributed by atoms with Gasteiger partial charge in [-0.05, 0) is 25.0 Å². The van der Waals surface area contributed by atoms with Crippen molar-refractivity contribution in [2.24, 2.45) is 0 Å². The number of nitrogens with one attached hydrogen (secondary N) is 1. The van der Waals surface area contributed by atoms with Crippen molar-refractivity contribution in [3.8, 4) is 0 Å². The predicted molar refractivity (Wildman–Crippen MR) is 65.9 cm³/mol. The number of aliphatic carboxylic acids is 1. The molecule has 0 amide bonds. The number of pyridine rings is 1. The van der Waals surface area contributed by atoms with Gasteiger partial charge in [0.1, 0.15) is 5.54 Å². The molecule has 1 heterocycles. The fraction of sp³-hybridized carbons (Fsp3) is 0.538. The van der Waals surface area contributed by atoms with Gasteiger partial charge >= 0.3 is 5.97 Å². The van der Waals surface area contributed by atoms with Gasteiger partial charge in [-0.15, -0.1) is 0 Å². The van der Waals surface area contributed by atoms with Crippen LogP contribution in [0, 0.1) is 0 Å². The lowest BCUT2D eigenvalue weighted by molar-refractivity contribution is -0.142. The maximum Gasteiger partial charge on any atom is 0.329 e. The summed E-state index contributed by atoms with van der Waals surface area (Å²) in [5.74, 6) is -0.740. The quantitative estimate of drug-likeness (QED) is 0.789. The van der Waals surface area contributed by atoms with Crippen LogP contribution in [0.1, 0.15) is 38.5 Å². The molecule has 2 rings (SSSR count). The molecule has 0 spiro atoms. The van der Waals surface area contributed by atoms with Crippen LogP contribution in [0.25, 0.3) is 0 Å². The number of anilines is 1. The zero-order valence-corrected chi connectivity index (χ0v) is 9.85. The zero-order chi connectivity index (χ0) is 12.1. The van der Waals surface area contributed by atoms with Gasteiger partial charge in [0.25, 0.3) is 0 Å². The van der Waals surface area contributed by atoms with Gasteiger partial charge in [0.15, 0.2) is 0 Å². The largest absolute Gasteiger partial charge is 0.480 e. The molecule has 0 radical (unpaired) electrons. The zero-order valence-electron chi connectivity index (χ0n) is 9.85. The van der Waals surface area contributed by atoms with Gasteiger partial charge in [-0.2, -0.15) is 0 Å². The van der Waals surface area contributed by atoms with Crippen LogP contribution >= 0.6 is 0 Å². The summed E-state index contributed by atoms with van der Waals surface area (Å²) in [7, 11) is 0. The number of carboxylic acid groups (broad SMARTS) is 1. The van der Waals surface area contributed by atoms with Crippen molar-refractivity contribution in [1.29, 1.82) is 0 Å². The molecule has 1 aromatic heterocycles. The summed E-state index contributed by atoms with van der Waals surface area (Å²) in [6.07, 6.45) is 8.97. The molecular formula is C13H18N2O2. The van der Waals surface area contributed by atoms with Crippen molar-refractivity contribution >= 4 is 11.7 Å². The topological polar surface area (TPSA) is 62.2 Å². The van der Waals surface area contributed by atoms with Crippen LogP contribution < -0.4 is 5.32 Å². The summed E-state index contributed by atoms with van der Waals surface area (Å²) in [5.41, 5.74) is 0.0435. The van der Waals surface area contributed by atoms with Crippen LogP contribution in [-0.4, -0.2) is 21.6 Å². The Hall–Kier alpha value is -1.58. The number of carbonyl (C=O) groups is 1. The van der Waals surface area contributed by atoms with Crippen LogP contribution in [0.5, 0.6) is 0 Å². The Morgan fingerprint density at radius 3 is 2.29 bits per heavy atom. The summed E-state index contributed by atoms with van der Waals surface area (Å²) in [5, 5.41) is 12.7. The minimum atomic E-state index is -0.794. The maximum absolute atomic E-state index is 11.6. The molecule has 0 aliphatic heterocycles. The van der Waals surface area contributed by atoms with E-state index in [2.05, 4.69) is 10.3 Å². The van der Waals surface area contributed by atoms with E-state index in [9.17, 15) is 9.90 Å². The molecule has 1 aliphatic rings. The Morgan fingerprint density at radius 1 is 1.18 bits per heavy atom.